The highest BCUT2D eigenvalue weighted by atomic mass is 79.9. The standard InChI is InChI=1S/C13H16BrClN4/c1-2-19-13(11(14)8-17-19)12(18-16)7-9-3-5-10(15)6-4-9/h3-6,8,12,18H,2,7,16H2,1H3. The highest BCUT2D eigenvalue weighted by Crippen LogP contribution is 2.26. The molecule has 1 unspecified atom stereocenters. The van der Waals surface area contributed by atoms with Gasteiger partial charge in [0.15, 0.2) is 0 Å². The van der Waals surface area contributed by atoms with E-state index < -0.39 is 0 Å². The third kappa shape index (κ3) is 3.36. The highest BCUT2D eigenvalue weighted by Gasteiger charge is 2.18. The van der Waals surface area contributed by atoms with E-state index in [1.165, 1.54) is 5.56 Å². The monoisotopic (exact) mass is 342 g/mol. The lowest BCUT2D eigenvalue weighted by Gasteiger charge is -2.18. The van der Waals surface area contributed by atoms with Crippen molar-refractivity contribution in [3.8, 4) is 0 Å². The number of nitrogens with two attached hydrogens (primary N) is 1. The maximum absolute atomic E-state index is 5.89. The first-order valence-corrected chi connectivity index (χ1v) is 7.24. The molecule has 102 valence electrons. The third-order valence-corrected chi connectivity index (χ3v) is 3.88. The van der Waals surface area contributed by atoms with Gasteiger partial charge in [-0.05, 0) is 47.0 Å². The predicted octanol–water partition coefficient (Wildman–Crippen LogP) is 3.07. The van der Waals surface area contributed by atoms with Crippen LogP contribution in [-0.4, -0.2) is 9.78 Å². The molecule has 0 spiro atoms. The second kappa shape index (κ2) is 6.52. The Kier molecular flexibility index (Phi) is 4.99. The average Bonchev–Trinajstić information content (AvgIpc) is 2.79. The van der Waals surface area contributed by atoms with Gasteiger partial charge in [-0.1, -0.05) is 23.7 Å². The summed E-state index contributed by atoms with van der Waals surface area (Å²) in [4.78, 5) is 0. The zero-order valence-electron chi connectivity index (χ0n) is 10.6. The van der Waals surface area contributed by atoms with Crippen LogP contribution in [-0.2, 0) is 13.0 Å². The summed E-state index contributed by atoms with van der Waals surface area (Å²) in [6.07, 6.45) is 2.57. The number of nitrogens with one attached hydrogen (secondary N) is 1. The first kappa shape index (κ1) is 14.5. The molecular weight excluding hydrogens is 328 g/mol. The Labute approximate surface area is 126 Å². The van der Waals surface area contributed by atoms with Crippen molar-refractivity contribution in [2.75, 3.05) is 0 Å². The van der Waals surface area contributed by atoms with Gasteiger partial charge >= 0.3 is 0 Å². The summed E-state index contributed by atoms with van der Waals surface area (Å²) in [6.45, 7) is 2.86. The van der Waals surface area contributed by atoms with Gasteiger partial charge in [0.1, 0.15) is 0 Å². The lowest BCUT2D eigenvalue weighted by molar-refractivity contribution is 0.489. The Hall–Kier alpha value is -0.880. The smallest absolute Gasteiger partial charge is 0.0712 e. The number of nitrogens with zero attached hydrogens (tertiary/aromatic N) is 2. The number of aryl methyl sites for hydroxylation is 1. The molecule has 3 N–H and O–H groups in total. The van der Waals surface area contributed by atoms with E-state index in [-0.39, 0.29) is 6.04 Å². The summed E-state index contributed by atoms with van der Waals surface area (Å²) in [5.41, 5.74) is 5.08. The van der Waals surface area contributed by atoms with Gasteiger partial charge in [0.25, 0.3) is 0 Å². The summed E-state index contributed by atoms with van der Waals surface area (Å²) < 4.78 is 2.90. The van der Waals surface area contributed by atoms with Gasteiger partial charge in [0.05, 0.1) is 22.4 Å². The van der Waals surface area contributed by atoms with Gasteiger partial charge < -0.3 is 0 Å². The number of rotatable bonds is 5. The summed E-state index contributed by atoms with van der Waals surface area (Å²) in [6, 6.07) is 7.78. The summed E-state index contributed by atoms with van der Waals surface area (Å²) in [5.74, 6) is 5.70. The van der Waals surface area contributed by atoms with Gasteiger partial charge in [0.2, 0.25) is 0 Å². The molecule has 1 atom stereocenters. The molecule has 0 aliphatic rings. The Bertz CT molecular complexity index is 538. The number of hydrogen-bond donors (Lipinski definition) is 2. The number of hydrazine groups is 1. The molecule has 0 radical (unpaired) electrons. The molecule has 0 saturated carbocycles. The quantitative estimate of drug-likeness (QED) is 0.648. The first-order valence-electron chi connectivity index (χ1n) is 6.07. The number of benzene rings is 1. The molecule has 1 aromatic carbocycles. The Morgan fingerprint density at radius 3 is 2.68 bits per heavy atom. The van der Waals surface area contributed by atoms with Crippen LogP contribution in [0.1, 0.15) is 24.2 Å². The molecule has 2 rings (SSSR count). The Morgan fingerprint density at radius 1 is 1.42 bits per heavy atom. The van der Waals surface area contributed by atoms with Gasteiger partial charge in [-0.3, -0.25) is 16.0 Å². The number of hydrogen-bond acceptors (Lipinski definition) is 3. The topological polar surface area (TPSA) is 55.9 Å². The maximum Gasteiger partial charge on any atom is 0.0712 e. The fourth-order valence-electron chi connectivity index (χ4n) is 2.06. The lowest BCUT2D eigenvalue weighted by atomic mass is 10.0. The molecule has 1 aromatic heterocycles. The molecule has 0 amide bonds. The Morgan fingerprint density at radius 2 is 2.11 bits per heavy atom. The summed E-state index contributed by atoms with van der Waals surface area (Å²) in [7, 11) is 0. The van der Waals surface area contributed by atoms with Crippen LogP contribution < -0.4 is 11.3 Å². The van der Waals surface area contributed by atoms with Crippen LogP contribution >= 0.6 is 27.5 Å². The normalized spacial score (nSPS) is 12.6. The third-order valence-electron chi connectivity index (χ3n) is 3.02. The van der Waals surface area contributed by atoms with Gasteiger partial charge in [-0.15, -0.1) is 0 Å². The van der Waals surface area contributed by atoms with Crippen molar-refractivity contribution in [2.45, 2.75) is 25.9 Å². The molecule has 0 bridgehead atoms. The van der Waals surface area contributed by atoms with Gasteiger partial charge in [-0.2, -0.15) is 5.10 Å². The van der Waals surface area contributed by atoms with Crippen LogP contribution in [0.4, 0.5) is 0 Å². The number of aromatic nitrogens is 2. The molecule has 0 aliphatic carbocycles. The van der Waals surface area contributed by atoms with Crippen molar-refractivity contribution in [2.24, 2.45) is 5.84 Å². The van der Waals surface area contributed by atoms with E-state index in [1.807, 2.05) is 28.9 Å². The molecular formula is C13H16BrClN4. The lowest BCUT2D eigenvalue weighted by Crippen LogP contribution is -2.31. The summed E-state index contributed by atoms with van der Waals surface area (Å²) in [5, 5.41) is 5.05. The molecule has 0 saturated heterocycles. The van der Waals surface area contributed by atoms with Crippen LogP contribution in [0.25, 0.3) is 0 Å². The average molecular weight is 344 g/mol. The van der Waals surface area contributed by atoms with Crippen LogP contribution in [0, 0.1) is 0 Å². The van der Waals surface area contributed by atoms with E-state index in [9.17, 15) is 0 Å². The zero-order chi connectivity index (χ0) is 13.8. The van der Waals surface area contributed by atoms with Gasteiger partial charge in [-0.25, -0.2) is 0 Å². The van der Waals surface area contributed by atoms with Crippen LogP contribution in [0.5, 0.6) is 0 Å². The van der Waals surface area contributed by atoms with Crippen LogP contribution in [0.2, 0.25) is 5.02 Å². The van der Waals surface area contributed by atoms with Crippen molar-refractivity contribution in [1.82, 2.24) is 15.2 Å². The minimum atomic E-state index is -0.00185. The van der Waals surface area contributed by atoms with Crippen molar-refractivity contribution < 1.29 is 0 Å². The number of halogens is 2. The molecule has 19 heavy (non-hydrogen) atoms. The van der Waals surface area contributed by atoms with E-state index in [0.29, 0.717) is 0 Å². The van der Waals surface area contributed by atoms with Crippen molar-refractivity contribution in [3.63, 3.8) is 0 Å². The largest absolute Gasteiger partial charge is 0.271 e. The molecule has 2 aromatic rings. The second-order valence-electron chi connectivity index (χ2n) is 4.24. The fourth-order valence-corrected chi connectivity index (χ4v) is 2.76. The van der Waals surface area contributed by atoms with Crippen molar-refractivity contribution >= 4 is 27.5 Å². The highest BCUT2D eigenvalue weighted by molar-refractivity contribution is 9.10. The van der Waals surface area contributed by atoms with E-state index >= 15 is 0 Å². The van der Waals surface area contributed by atoms with E-state index in [4.69, 9.17) is 17.4 Å². The first-order chi connectivity index (χ1) is 9.15. The molecule has 0 aliphatic heterocycles. The van der Waals surface area contributed by atoms with E-state index in [0.717, 1.165) is 28.2 Å². The van der Waals surface area contributed by atoms with Crippen molar-refractivity contribution in [3.05, 3.63) is 51.2 Å². The minimum Gasteiger partial charge on any atom is -0.271 e. The molecule has 6 heteroatoms. The summed E-state index contributed by atoms with van der Waals surface area (Å²) >= 11 is 9.42. The molecule has 1 heterocycles. The minimum absolute atomic E-state index is 0.00185. The Balaban J connectivity index is 2.24. The molecule has 4 nitrogen and oxygen atoms in total. The van der Waals surface area contributed by atoms with Crippen LogP contribution in [0.3, 0.4) is 0 Å². The SMILES string of the molecule is CCn1ncc(Br)c1C(Cc1ccc(Cl)cc1)NN. The fraction of sp³-hybridized carbons (Fsp3) is 0.308. The van der Waals surface area contributed by atoms with Crippen LogP contribution in [0.15, 0.2) is 34.9 Å². The van der Waals surface area contributed by atoms with E-state index in [2.05, 4.69) is 33.4 Å². The molecule has 0 fully saturated rings. The zero-order valence-corrected chi connectivity index (χ0v) is 12.9. The van der Waals surface area contributed by atoms with Crippen molar-refractivity contribution in [1.29, 1.82) is 0 Å². The van der Waals surface area contributed by atoms with E-state index in [1.54, 1.807) is 6.20 Å². The second-order valence-corrected chi connectivity index (χ2v) is 5.53. The maximum atomic E-state index is 5.89. The predicted molar refractivity (Wildman–Crippen MR) is 80.8 cm³/mol. The van der Waals surface area contributed by atoms with Gasteiger partial charge in [0, 0.05) is 11.6 Å².